The molecule has 0 N–H and O–H groups in total. The molecule has 0 saturated heterocycles. The minimum atomic E-state index is -1.06. The van der Waals surface area contributed by atoms with Crippen molar-refractivity contribution in [3.05, 3.63) is 70.8 Å². The van der Waals surface area contributed by atoms with Crippen molar-refractivity contribution < 1.29 is 9.59 Å². The Bertz CT molecular complexity index is 984. The van der Waals surface area contributed by atoms with Gasteiger partial charge in [0.2, 0.25) is 11.6 Å². The van der Waals surface area contributed by atoms with Crippen LogP contribution in [-0.2, 0) is 9.59 Å². The number of carbonyl (C=O) groups is 2. The van der Waals surface area contributed by atoms with Gasteiger partial charge in [-0.05, 0) is 10.8 Å². The first-order valence-corrected chi connectivity index (χ1v) is 7.21. The van der Waals surface area contributed by atoms with Crippen molar-refractivity contribution in [1.82, 2.24) is 0 Å². The Labute approximate surface area is 148 Å². The van der Waals surface area contributed by atoms with Gasteiger partial charge in [0, 0.05) is 0 Å². The first kappa shape index (κ1) is 17.8. The molecule has 120 valence electrons. The predicted molar refractivity (Wildman–Crippen MR) is 90.5 cm³/mol. The number of hydrogen-bond donors (Lipinski definition) is 0. The monoisotopic (exact) mass is 336 g/mol. The fraction of sp³-hybridized carbons (Fsp3) is 0. The largest absolute Gasteiger partial charge is 0.287 e. The number of benzene rings is 2. The lowest BCUT2D eigenvalue weighted by Crippen LogP contribution is -2.21. The molecule has 0 atom stereocenters. The van der Waals surface area contributed by atoms with Crippen LogP contribution in [0.4, 0.5) is 0 Å². The van der Waals surface area contributed by atoms with Gasteiger partial charge >= 0.3 is 0 Å². The van der Waals surface area contributed by atoms with Gasteiger partial charge in [0.05, 0.1) is 0 Å². The summed E-state index contributed by atoms with van der Waals surface area (Å²) in [6, 6.07) is 22.3. The summed E-state index contributed by atoms with van der Waals surface area (Å²) >= 11 is 0. The number of rotatable bonds is 0. The first-order chi connectivity index (χ1) is 12.6. The molecule has 0 radical (unpaired) electrons. The number of ketones is 2. The van der Waals surface area contributed by atoms with Crippen LogP contribution in [0, 0.1) is 45.3 Å². The Morgan fingerprint density at radius 2 is 0.731 bits per heavy atom. The lowest BCUT2D eigenvalue weighted by Gasteiger charge is -2.08. The molecule has 0 unspecified atom stereocenters. The van der Waals surface area contributed by atoms with Crippen LogP contribution in [0.25, 0.3) is 10.8 Å². The summed E-state index contributed by atoms with van der Waals surface area (Å²) in [6.45, 7) is 0. The SMILES string of the molecule is N#CC1=C(C#N)C(=O)C(C#N)=C(C#N)C1=O.c1ccc2ccccc2c1. The number of hydrogen-bond acceptors (Lipinski definition) is 6. The maximum absolute atomic E-state index is 11.5. The van der Waals surface area contributed by atoms with Gasteiger partial charge < -0.3 is 0 Å². The van der Waals surface area contributed by atoms with Crippen LogP contribution in [0.3, 0.4) is 0 Å². The average molecular weight is 336 g/mol. The van der Waals surface area contributed by atoms with Gasteiger partial charge in [0.25, 0.3) is 0 Å². The molecule has 0 fully saturated rings. The fourth-order valence-corrected chi connectivity index (χ4v) is 2.26. The van der Waals surface area contributed by atoms with E-state index >= 15 is 0 Å². The van der Waals surface area contributed by atoms with Crippen LogP contribution in [-0.4, -0.2) is 11.6 Å². The van der Waals surface area contributed by atoms with E-state index in [-0.39, 0.29) is 0 Å². The molecule has 0 aliphatic heterocycles. The van der Waals surface area contributed by atoms with Crippen molar-refractivity contribution in [2.24, 2.45) is 0 Å². The molecule has 0 heterocycles. The highest BCUT2D eigenvalue weighted by atomic mass is 16.1. The number of nitrogens with zero attached hydrogens (tertiary/aromatic N) is 4. The molecule has 0 aromatic heterocycles. The van der Waals surface area contributed by atoms with Gasteiger partial charge in [-0.3, -0.25) is 9.59 Å². The van der Waals surface area contributed by atoms with Crippen LogP contribution in [0.1, 0.15) is 0 Å². The summed E-state index contributed by atoms with van der Waals surface area (Å²) in [6.07, 6.45) is 0. The zero-order valence-electron chi connectivity index (χ0n) is 13.2. The molecular weight excluding hydrogens is 328 g/mol. The summed E-state index contributed by atoms with van der Waals surface area (Å²) in [5.41, 5.74) is -2.77. The van der Waals surface area contributed by atoms with Crippen molar-refractivity contribution in [3.8, 4) is 24.3 Å². The summed E-state index contributed by atoms with van der Waals surface area (Å²) in [7, 11) is 0. The second kappa shape index (κ2) is 7.84. The van der Waals surface area contributed by atoms with Gasteiger partial charge in [-0.2, -0.15) is 21.0 Å². The Kier molecular flexibility index (Phi) is 5.38. The van der Waals surface area contributed by atoms with Gasteiger partial charge in [-0.1, -0.05) is 48.5 Å². The molecule has 6 heteroatoms. The van der Waals surface area contributed by atoms with Crippen molar-refractivity contribution in [1.29, 1.82) is 21.0 Å². The first-order valence-electron chi connectivity index (χ1n) is 7.21. The van der Waals surface area contributed by atoms with E-state index in [1.165, 1.54) is 35.0 Å². The second-order valence-electron chi connectivity index (χ2n) is 4.95. The zero-order chi connectivity index (χ0) is 19.1. The summed E-state index contributed by atoms with van der Waals surface area (Å²) in [4.78, 5) is 22.9. The van der Waals surface area contributed by atoms with Crippen molar-refractivity contribution >= 4 is 22.3 Å². The minimum Gasteiger partial charge on any atom is -0.287 e. The van der Waals surface area contributed by atoms with E-state index in [0.717, 1.165) is 0 Å². The average Bonchev–Trinajstić information content (AvgIpc) is 2.69. The number of Topliss-reactive ketones (excluding diaryl/α,β-unsaturated/α-hetero) is 2. The Morgan fingerprint density at radius 3 is 0.923 bits per heavy atom. The quantitative estimate of drug-likeness (QED) is 0.680. The molecule has 0 bridgehead atoms. The maximum atomic E-state index is 11.5. The highest BCUT2D eigenvalue weighted by Crippen LogP contribution is 2.23. The third-order valence-corrected chi connectivity index (χ3v) is 3.51. The lowest BCUT2D eigenvalue weighted by atomic mass is 9.86. The van der Waals surface area contributed by atoms with Gasteiger partial charge in [-0.15, -0.1) is 0 Å². The second-order valence-corrected chi connectivity index (χ2v) is 4.95. The minimum absolute atomic E-state index is 0.692. The molecule has 0 amide bonds. The molecule has 0 saturated carbocycles. The van der Waals surface area contributed by atoms with E-state index in [1.54, 1.807) is 0 Å². The van der Waals surface area contributed by atoms with Crippen LogP contribution in [0.5, 0.6) is 0 Å². The molecule has 2 aromatic carbocycles. The van der Waals surface area contributed by atoms with E-state index < -0.39 is 33.9 Å². The number of nitriles is 4. The summed E-state index contributed by atoms with van der Waals surface area (Å²) in [5.74, 6) is -2.12. The van der Waals surface area contributed by atoms with Gasteiger partial charge in [-0.25, -0.2) is 0 Å². The van der Waals surface area contributed by atoms with Gasteiger partial charge in [0.1, 0.15) is 46.6 Å². The summed E-state index contributed by atoms with van der Waals surface area (Å²) < 4.78 is 0. The number of carbonyl (C=O) groups excluding carboxylic acids is 2. The van der Waals surface area contributed by atoms with Crippen molar-refractivity contribution in [2.75, 3.05) is 0 Å². The fourth-order valence-electron chi connectivity index (χ4n) is 2.26. The van der Waals surface area contributed by atoms with Crippen molar-refractivity contribution in [2.45, 2.75) is 0 Å². The lowest BCUT2D eigenvalue weighted by molar-refractivity contribution is -0.115. The Balaban J connectivity index is 0.000000206. The van der Waals surface area contributed by atoms with Crippen molar-refractivity contribution in [3.63, 3.8) is 0 Å². The standard InChI is InChI=1S/C10N4O2.C10H8/c11-1-5-6(2-12)10(16)8(4-14)7(3-13)9(5)15;1-2-6-10-8-4-3-7-9(10)5-1/h;1-8H. The van der Waals surface area contributed by atoms with Gasteiger partial charge in [0.15, 0.2) is 0 Å². The highest BCUT2D eigenvalue weighted by Gasteiger charge is 2.35. The van der Waals surface area contributed by atoms with Crippen LogP contribution in [0.2, 0.25) is 0 Å². The van der Waals surface area contributed by atoms with E-state index in [4.69, 9.17) is 21.0 Å². The smallest absolute Gasteiger partial charge is 0.217 e. The normalized spacial score (nSPS) is 13.1. The highest BCUT2D eigenvalue weighted by molar-refractivity contribution is 6.30. The third kappa shape index (κ3) is 3.22. The van der Waals surface area contributed by atoms with E-state index in [1.807, 2.05) is 0 Å². The third-order valence-electron chi connectivity index (χ3n) is 3.51. The Morgan fingerprint density at radius 1 is 0.500 bits per heavy atom. The van der Waals surface area contributed by atoms with E-state index in [9.17, 15) is 9.59 Å². The topological polar surface area (TPSA) is 129 Å². The number of fused-ring (bicyclic) bond motifs is 1. The molecule has 1 aliphatic carbocycles. The molecule has 26 heavy (non-hydrogen) atoms. The van der Waals surface area contributed by atoms with Crippen LogP contribution >= 0.6 is 0 Å². The molecule has 0 spiro atoms. The molecule has 1 aliphatic rings. The maximum Gasteiger partial charge on any atom is 0.217 e. The molecule has 3 rings (SSSR count). The summed E-state index contributed by atoms with van der Waals surface area (Å²) in [5, 5.41) is 37.0. The Hall–Kier alpha value is -4.52. The van der Waals surface area contributed by atoms with E-state index in [2.05, 4.69) is 48.5 Å². The molecule has 2 aromatic rings. The van der Waals surface area contributed by atoms with Crippen LogP contribution in [0.15, 0.2) is 70.8 Å². The molecular formula is C20H8N4O2. The molecule has 6 nitrogen and oxygen atoms in total. The predicted octanol–water partition coefficient (Wildman–Crippen LogP) is 2.67. The zero-order valence-corrected chi connectivity index (χ0v) is 13.2. The van der Waals surface area contributed by atoms with Crippen LogP contribution < -0.4 is 0 Å². The van der Waals surface area contributed by atoms with E-state index in [0.29, 0.717) is 0 Å². The number of allylic oxidation sites excluding steroid dienone is 4.